The van der Waals surface area contributed by atoms with Crippen LogP contribution in [0.4, 0.5) is 0 Å². The van der Waals surface area contributed by atoms with Gasteiger partial charge in [0.25, 0.3) is 10.0 Å². The zero-order valence-electron chi connectivity index (χ0n) is 16.0. The van der Waals surface area contributed by atoms with Gasteiger partial charge in [0.05, 0.1) is 22.2 Å². The SMILES string of the molecule is Cc1ccc(S(=O)(=O)n2c(C(=O)CC#N)cc3ccc(-c4cccnn4)cc32)cc1. The van der Waals surface area contributed by atoms with Gasteiger partial charge in [-0.1, -0.05) is 29.8 Å². The number of ketones is 1. The third-order valence-electron chi connectivity index (χ3n) is 4.71. The second-order valence-electron chi connectivity index (χ2n) is 6.75. The maximum atomic E-state index is 13.5. The Morgan fingerprint density at radius 1 is 1.10 bits per heavy atom. The summed E-state index contributed by atoms with van der Waals surface area (Å²) in [5, 5.41) is 17.5. The molecule has 4 rings (SSSR count). The van der Waals surface area contributed by atoms with E-state index in [-0.39, 0.29) is 10.6 Å². The summed E-state index contributed by atoms with van der Waals surface area (Å²) < 4.78 is 28.0. The van der Waals surface area contributed by atoms with E-state index >= 15 is 0 Å². The molecule has 0 spiro atoms. The van der Waals surface area contributed by atoms with Crippen LogP contribution in [0.5, 0.6) is 0 Å². The highest BCUT2D eigenvalue weighted by molar-refractivity contribution is 7.90. The van der Waals surface area contributed by atoms with Crippen molar-refractivity contribution in [1.82, 2.24) is 14.2 Å². The Hall–Kier alpha value is -3.83. The van der Waals surface area contributed by atoms with Crippen molar-refractivity contribution in [3.63, 3.8) is 0 Å². The molecule has 148 valence electrons. The number of nitrogens with zero attached hydrogens (tertiary/aromatic N) is 4. The molecule has 7 nitrogen and oxygen atoms in total. The van der Waals surface area contributed by atoms with E-state index < -0.39 is 22.2 Å². The van der Waals surface area contributed by atoms with Crippen LogP contribution in [0.25, 0.3) is 22.2 Å². The average molecular weight is 416 g/mol. The van der Waals surface area contributed by atoms with Gasteiger partial charge >= 0.3 is 0 Å². The molecule has 30 heavy (non-hydrogen) atoms. The maximum absolute atomic E-state index is 13.5. The molecule has 4 aromatic rings. The lowest BCUT2D eigenvalue weighted by Gasteiger charge is -2.12. The Bertz CT molecular complexity index is 1400. The zero-order chi connectivity index (χ0) is 21.3. The summed E-state index contributed by atoms with van der Waals surface area (Å²) in [6.07, 6.45) is 1.13. The normalized spacial score (nSPS) is 11.3. The molecule has 0 aliphatic heterocycles. The number of carbonyl (C=O) groups excluding carboxylic acids is 1. The minimum absolute atomic E-state index is 0.0524. The van der Waals surface area contributed by atoms with Gasteiger partial charge in [0.1, 0.15) is 12.1 Å². The smallest absolute Gasteiger partial charge is 0.268 e. The lowest BCUT2D eigenvalue weighted by atomic mass is 10.1. The summed E-state index contributed by atoms with van der Waals surface area (Å²) in [6.45, 7) is 1.86. The Morgan fingerprint density at radius 2 is 1.87 bits per heavy atom. The molecule has 0 atom stereocenters. The first-order valence-electron chi connectivity index (χ1n) is 9.08. The number of Topliss-reactive ketones (excluding diaryl/α,β-unsaturated/α-hetero) is 1. The average Bonchev–Trinajstić information content (AvgIpc) is 3.14. The molecule has 2 heterocycles. The fourth-order valence-corrected chi connectivity index (χ4v) is 4.74. The standard InChI is InChI=1S/C22H16N4O3S/c1-15-4-8-18(9-5-15)30(28,29)26-20-13-16(19-3-2-12-24-25-19)6-7-17(20)14-21(26)22(27)10-11-23/h2-9,12-14H,10H2,1H3. The molecular weight excluding hydrogens is 400 g/mol. The fraction of sp³-hybridized carbons (Fsp3) is 0.0909. The van der Waals surface area contributed by atoms with E-state index in [2.05, 4.69) is 10.2 Å². The lowest BCUT2D eigenvalue weighted by Crippen LogP contribution is -2.18. The molecule has 0 amide bonds. The number of hydrogen-bond donors (Lipinski definition) is 0. The Morgan fingerprint density at radius 3 is 2.53 bits per heavy atom. The summed E-state index contributed by atoms with van der Waals surface area (Å²) >= 11 is 0. The largest absolute Gasteiger partial charge is 0.291 e. The molecule has 0 aliphatic carbocycles. The van der Waals surface area contributed by atoms with Crippen molar-refractivity contribution >= 4 is 26.7 Å². The van der Waals surface area contributed by atoms with Gasteiger partial charge in [-0.05, 0) is 43.3 Å². The minimum atomic E-state index is -4.08. The highest BCUT2D eigenvalue weighted by Crippen LogP contribution is 2.30. The van der Waals surface area contributed by atoms with Crippen LogP contribution in [0.2, 0.25) is 0 Å². The van der Waals surface area contributed by atoms with E-state index in [0.717, 1.165) is 9.54 Å². The van der Waals surface area contributed by atoms with Gasteiger partial charge in [0, 0.05) is 17.1 Å². The minimum Gasteiger partial charge on any atom is -0.291 e. The number of rotatable bonds is 5. The molecule has 0 bridgehead atoms. The number of aryl methyl sites for hydroxylation is 1. The zero-order valence-corrected chi connectivity index (χ0v) is 16.8. The predicted octanol–water partition coefficient (Wildman–Crippen LogP) is 3.74. The molecule has 0 fully saturated rings. The van der Waals surface area contributed by atoms with Crippen molar-refractivity contribution in [3.05, 3.63) is 78.1 Å². The van der Waals surface area contributed by atoms with Crippen LogP contribution in [0.15, 0.2) is 71.8 Å². The number of nitriles is 1. The highest BCUT2D eigenvalue weighted by Gasteiger charge is 2.26. The molecular formula is C22H16N4O3S. The van der Waals surface area contributed by atoms with Crippen LogP contribution in [0, 0.1) is 18.3 Å². The molecule has 0 aliphatic rings. The third-order valence-corrected chi connectivity index (χ3v) is 6.45. The second kappa shape index (κ2) is 7.54. The van der Waals surface area contributed by atoms with Crippen molar-refractivity contribution in [3.8, 4) is 17.3 Å². The number of benzene rings is 2. The van der Waals surface area contributed by atoms with Gasteiger partial charge in [0.2, 0.25) is 0 Å². The maximum Gasteiger partial charge on any atom is 0.268 e. The summed E-state index contributed by atoms with van der Waals surface area (Å²) in [6, 6.07) is 18.4. The van der Waals surface area contributed by atoms with Crippen molar-refractivity contribution in [2.75, 3.05) is 0 Å². The molecule has 0 saturated carbocycles. The van der Waals surface area contributed by atoms with Gasteiger partial charge in [-0.3, -0.25) is 4.79 Å². The molecule has 8 heteroatoms. The van der Waals surface area contributed by atoms with Crippen LogP contribution in [0.3, 0.4) is 0 Å². The summed E-state index contributed by atoms with van der Waals surface area (Å²) in [7, 11) is -4.08. The van der Waals surface area contributed by atoms with E-state index in [0.29, 0.717) is 22.2 Å². The molecule has 0 saturated heterocycles. The van der Waals surface area contributed by atoms with E-state index in [9.17, 15) is 13.2 Å². The fourth-order valence-electron chi connectivity index (χ4n) is 3.22. The lowest BCUT2D eigenvalue weighted by molar-refractivity contribution is 0.0992. The first-order valence-corrected chi connectivity index (χ1v) is 10.5. The summed E-state index contributed by atoms with van der Waals surface area (Å²) in [4.78, 5) is 12.6. The van der Waals surface area contributed by atoms with E-state index in [1.54, 1.807) is 54.7 Å². The Kier molecular flexibility index (Phi) is 4.90. The number of carbonyl (C=O) groups is 1. The van der Waals surface area contributed by atoms with Crippen molar-refractivity contribution < 1.29 is 13.2 Å². The third kappa shape index (κ3) is 3.36. The molecule has 0 unspecified atom stereocenters. The van der Waals surface area contributed by atoms with Crippen molar-refractivity contribution in [1.29, 1.82) is 5.26 Å². The van der Waals surface area contributed by atoms with E-state index in [1.807, 2.05) is 6.92 Å². The van der Waals surface area contributed by atoms with E-state index in [1.165, 1.54) is 18.2 Å². The molecule has 2 aromatic carbocycles. The summed E-state index contributed by atoms with van der Waals surface area (Å²) in [5.41, 5.74) is 2.43. The van der Waals surface area contributed by atoms with Gasteiger partial charge < -0.3 is 0 Å². The number of fused-ring (bicyclic) bond motifs is 1. The number of aromatic nitrogens is 3. The van der Waals surface area contributed by atoms with Crippen molar-refractivity contribution in [2.45, 2.75) is 18.2 Å². The van der Waals surface area contributed by atoms with Crippen LogP contribution in [-0.4, -0.2) is 28.4 Å². The van der Waals surface area contributed by atoms with Crippen LogP contribution >= 0.6 is 0 Å². The van der Waals surface area contributed by atoms with Crippen molar-refractivity contribution in [2.24, 2.45) is 0 Å². The Labute approximate surface area is 173 Å². The Balaban J connectivity index is 2.01. The molecule has 0 radical (unpaired) electrons. The van der Waals surface area contributed by atoms with E-state index in [4.69, 9.17) is 5.26 Å². The topological polar surface area (TPSA) is 106 Å². The molecule has 2 aromatic heterocycles. The highest BCUT2D eigenvalue weighted by atomic mass is 32.2. The summed E-state index contributed by atoms with van der Waals surface area (Å²) in [5.74, 6) is -0.564. The number of hydrogen-bond acceptors (Lipinski definition) is 6. The van der Waals surface area contributed by atoms with Crippen LogP contribution in [-0.2, 0) is 10.0 Å². The van der Waals surface area contributed by atoms with Gasteiger partial charge in [-0.25, -0.2) is 12.4 Å². The second-order valence-corrected chi connectivity index (χ2v) is 8.54. The first kappa shape index (κ1) is 19.5. The van der Waals surface area contributed by atoms with Gasteiger partial charge in [-0.2, -0.15) is 15.5 Å². The van der Waals surface area contributed by atoms with Gasteiger partial charge in [-0.15, -0.1) is 0 Å². The molecule has 0 N–H and O–H groups in total. The van der Waals surface area contributed by atoms with Gasteiger partial charge in [0.15, 0.2) is 5.78 Å². The van der Waals surface area contributed by atoms with Crippen LogP contribution in [0.1, 0.15) is 22.5 Å². The quantitative estimate of drug-likeness (QED) is 0.459. The monoisotopic (exact) mass is 416 g/mol. The first-order chi connectivity index (χ1) is 14.4. The van der Waals surface area contributed by atoms with Crippen LogP contribution < -0.4 is 0 Å². The predicted molar refractivity (Wildman–Crippen MR) is 111 cm³/mol.